The first-order valence-corrected chi connectivity index (χ1v) is 8.29. The van der Waals surface area contributed by atoms with E-state index in [0.717, 1.165) is 35.7 Å². The van der Waals surface area contributed by atoms with Crippen LogP contribution in [0.15, 0.2) is 60.4 Å². The van der Waals surface area contributed by atoms with E-state index >= 15 is 0 Å². The number of imidazole rings is 1. The number of nitrogens with zero attached hydrogens (tertiary/aromatic N) is 4. The summed E-state index contributed by atoms with van der Waals surface area (Å²) >= 11 is 1.78. The van der Waals surface area contributed by atoms with Gasteiger partial charge in [0.1, 0.15) is 5.82 Å². The monoisotopic (exact) mass is 321 g/mol. The van der Waals surface area contributed by atoms with Crippen LogP contribution in [-0.4, -0.2) is 26.1 Å². The Morgan fingerprint density at radius 2 is 2.00 bits per heavy atom. The SMILES string of the molecule is c1csc(CCNc2ccc3ncc(-c4ccncc4)n3n2)c1. The van der Waals surface area contributed by atoms with Crippen LogP contribution in [0.5, 0.6) is 0 Å². The lowest BCUT2D eigenvalue weighted by Crippen LogP contribution is -2.07. The second kappa shape index (κ2) is 6.18. The van der Waals surface area contributed by atoms with Crippen LogP contribution in [0.4, 0.5) is 5.82 Å². The third-order valence-corrected chi connectivity index (χ3v) is 4.53. The third-order valence-electron chi connectivity index (χ3n) is 3.60. The van der Waals surface area contributed by atoms with Gasteiger partial charge in [0.15, 0.2) is 5.65 Å². The number of anilines is 1. The number of nitrogens with one attached hydrogen (secondary N) is 1. The van der Waals surface area contributed by atoms with Crippen LogP contribution in [0.2, 0.25) is 0 Å². The first-order valence-electron chi connectivity index (χ1n) is 7.41. The van der Waals surface area contributed by atoms with E-state index in [2.05, 4.69) is 37.9 Å². The fraction of sp³-hybridized carbons (Fsp3) is 0.118. The van der Waals surface area contributed by atoms with Gasteiger partial charge >= 0.3 is 0 Å². The van der Waals surface area contributed by atoms with Gasteiger partial charge in [-0.25, -0.2) is 9.50 Å². The highest BCUT2D eigenvalue weighted by atomic mass is 32.1. The van der Waals surface area contributed by atoms with Gasteiger partial charge in [-0.1, -0.05) is 6.07 Å². The molecule has 0 saturated heterocycles. The number of rotatable bonds is 5. The van der Waals surface area contributed by atoms with Crippen LogP contribution in [-0.2, 0) is 6.42 Å². The lowest BCUT2D eigenvalue weighted by molar-refractivity contribution is 0.923. The fourth-order valence-corrected chi connectivity index (χ4v) is 3.16. The van der Waals surface area contributed by atoms with Gasteiger partial charge in [-0.15, -0.1) is 16.4 Å². The van der Waals surface area contributed by atoms with E-state index in [1.54, 1.807) is 23.7 Å². The van der Waals surface area contributed by atoms with E-state index in [4.69, 9.17) is 0 Å². The summed E-state index contributed by atoms with van der Waals surface area (Å²) in [6.07, 6.45) is 6.39. The normalized spacial score (nSPS) is 11.0. The van der Waals surface area contributed by atoms with Crippen molar-refractivity contribution in [3.8, 4) is 11.3 Å². The Morgan fingerprint density at radius 3 is 2.83 bits per heavy atom. The molecule has 0 amide bonds. The van der Waals surface area contributed by atoms with Crippen molar-refractivity contribution < 1.29 is 0 Å². The zero-order chi connectivity index (χ0) is 15.5. The maximum atomic E-state index is 4.66. The molecule has 0 radical (unpaired) electrons. The first kappa shape index (κ1) is 13.9. The first-order chi connectivity index (χ1) is 11.4. The molecule has 0 aliphatic rings. The van der Waals surface area contributed by atoms with E-state index in [1.807, 2.05) is 35.0 Å². The molecule has 0 saturated carbocycles. The van der Waals surface area contributed by atoms with Crippen LogP contribution in [0.3, 0.4) is 0 Å². The van der Waals surface area contributed by atoms with Crippen molar-refractivity contribution in [2.75, 3.05) is 11.9 Å². The molecular formula is C17H15N5S. The molecule has 0 fully saturated rings. The summed E-state index contributed by atoms with van der Waals surface area (Å²) in [6.45, 7) is 0.859. The average Bonchev–Trinajstić information content (AvgIpc) is 3.25. The lowest BCUT2D eigenvalue weighted by Gasteiger charge is -2.06. The topological polar surface area (TPSA) is 55.1 Å². The van der Waals surface area contributed by atoms with E-state index in [9.17, 15) is 0 Å². The van der Waals surface area contributed by atoms with E-state index in [0.29, 0.717) is 0 Å². The molecule has 1 N–H and O–H groups in total. The van der Waals surface area contributed by atoms with Crippen LogP contribution < -0.4 is 5.32 Å². The molecule has 0 atom stereocenters. The van der Waals surface area contributed by atoms with Gasteiger partial charge < -0.3 is 5.32 Å². The number of thiophene rings is 1. The Bertz CT molecular complexity index is 899. The van der Waals surface area contributed by atoms with E-state index < -0.39 is 0 Å². The summed E-state index contributed by atoms with van der Waals surface area (Å²) in [5.41, 5.74) is 2.85. The molecule has 0 aromatic carbocycles. The molecule has 0 spiro atoms. The number of hydrogen-bond acceptors (Lipinski definition) is 5. The highest BCUT2D eigenvalue weighted by molar-refractivity contribution is 7.09. The largest absolute Gasteiger partial charge is 0.368 e. The zero-order valence-electron chi connectivity index (χ0n) is 12.4. The van der Waals surface area contributed by atoms with Crippen molar-refractivity contribution in [2.45, 2.75) is 6.42 Å². The number of hydrogen-bond donors (Lipinski definition) is 1. The second-order valence-corrected chi connectivity index (χ2v) is 6.16. The number of aromatic nitrogens is 4. The molecule has 0 aliphatic heterocycles. The summed E-state index contributed by atoms with van der Waals surface area (Å²) in [4.78, 5) is 9.84. The van der Waals surface area contributed by atoms with Crippen LogP contribution in [0, 0.1) is 0 Å². The van der Waals surface area contributed by atoms with Crippen molar-refractivity contribution in [3.05, 3.63) is 65.2 Å². The number of fused-ring (bicyclic) bond motifs is 1. The minimum atomic E-state index is 0.834. The molecule has 4 heterocycles. The molecule has 4 rings (SSSR count). The predicted molar refractivity (Wildman–Crippen MR) is 92.7 cm³/mol. The Labute approximate surface area is 137 Å². The predicted octanol–water partition coefficient (Wildman–Crippen LogP) is 3.51. The van der Waals surface area contributed by atoms with Gasteiger partial charge in [-0.05, 0) is 42.1 Å². The summed E-state index contributed by atoms with van der Waals surface area (Å²) in [7, 11) is 0. The lowest BCUT2D eigenvalue weighted by atomic mass is 10.2. The van der Waals surface area contributed by atoms with Crippen molar-refractivity contribution in [3.63, 3.8) is 0 Å². The zero-order valence-corrected chi connectivity index (χ0v) is 13.2. The average molecular weight is 321 g/mol. The van der Waals surface area contributed by atoms with Crippen LogP contribution in [0.25, 0.3) is 16.9 Å². The minimum absolute atomic E-state index is 0.834. The van der Waals surface area contributed by atoms with Gasteiger partial charge in [-0.2, -0.15) is 0 Å². The molecule has 4 aromatic rings. The molecule has 114 valence electrons. The highest BCUT2D eigenvalue weighted by Crippen LogP contribution is 2.20. The van der Waals surface area contributed by atoms with Crippen molar-refractivity contribution >= 4 is 22.8 Å². The number of pyridine rings is 1. The Morgan fingerprint density at radius 1 is 1.09 bits per heavy atom. The third kappa shape index (κ3) is 2.93. The minimum Gasteiger partial charge on any atom is -0.368 e. The molecule has 0 bridgehead atoms. The van der Waals surface area contributed by atoms with E-state index in [-0.39, 0.29) is 0 Å². The van der Waals surface area contributed by atoms with Gasteiger partial charge in [0.25, 0.3) is 0 Å². The summed E-state index contributed by atoms with van der Waals surface area (Å²) in [5.74, 6) is 0.849. The van der Waals surface area contributed by atoms with Crippen molar-refractivity contribution in [2.24, 2.45) is 0 Å². The molecule has 0 aliphatic carbocycles. The summed E-state index contributed by atoms with van der Waals surface area (Å²) < 4.78 is 1.86. The van der Waals surface area contributed by atoms with Gasteiger partial charge in [-0.3, -0.25) is 4.98 Å². The van der Waals surface area contributed by atoms with E-state index in [1.165, 1.54) is 4.88 Å². The molecule has 0 unspecified atom stereocenters. The molecule has 6 heteroatoms. The maximum absolute atomic E-state index is 4.66. The molecule has 5 nitrogen and oxygen atoms in total. The van der Waals surface area contributed by atoms with Crippen molar-refractivity contribution in [1.29, 1.82) is 0 Å². The highest BCUT2D eigenvalue weighted by Gasteiger charge is 2.07. The second-order valence-electron chi connectivity index (χ2n) is 5.12. The van der Waals surface area contributed by atoms with Gasteiger partial charge in [0, 0.05) is 29.4 Å². The fourth-order valence-electron chi connectivity index (χ4n) is 2.46. The summed E-state index contributed by atoms with van der Waals surface area (Å²) in [6, 6.07) is 12.1. The van der Waals surface area contributed by atoms with Crippen LogP contribution >= 0.6 is 11.3 Å². The molecular weight excluding hydrogens is 306 g/mol. The Kier molecular flexibility index (Phi) is 3.73. The maximum Gasteiger partial charge on any atom is 0.154 e. The Balaban J connectivity index is 1.57. The summed E-state index contributed by atoms with van der Waals surface area (Å²) in [5, 5.41) is 10.1. The Hall–Kier alpha value is -2.73. The molecule has 4 aromatic heterocycles. The van der Waals surface area contributed by atoms with Crippen LogP contribution in [0.1, 0.15) is 4.88 Å². The van der Waals surface area contributed by atoms with Crippen molar-refractivity contribution in [1.82, 2.24) is 19.6 Å². The molecule has 23 heavy (non-hydrogen) atoms. The standard InChI is InChI=1S/C17H15N5S/c1-2-14(23-11-1)7-10-19-16-3-4-17-20-12-15(22(17)21-16)13-5-8-18-9-6-13/h1-6,8-9,11-12H,7,10H2,(H,19,21). The quantitative estimate of drug-likeness (QED) is 0.611. The van der Waals surface area contributed by atoms with Gasteiger partial charge in [0.05, 0.1) is 11.9 Å². The smallest absolute Gasteiger partial charge is 0.154 e. The van der Waals surface area contributed by atoms with Gasteiger partial charge in [0.2, 0.25) is 0 Å².